The van der Waals surface area contributed by atoms with E-state index in [-0.39, 0.29) is 11.2 Å². The second-order valence-electron chi connectivity index (χ2n) is 8.38. The maximum absolute atomic E-state index is 13.0. The van der Waals surface area contributed by atoms with E-state index in [2.05, 4.69) is 23.6 Å². The number of hydrogen-bond donors (Lipinski definition) is 1. The van der Waals surface area contributed by atoms with Gasteiger partial charge in [0.25, 0.3) is 0 Å². The molecule has 1 aromatic carbocycles. The Kier molecular flexibility index (Phi) is 7.85. The van der Waals surface area contributed by atoms with E-state index < -0.39 is 12.1 Å². The van der Waals surface area contributed by atoms with Gasteiger partial charge in [-0.2, -0.15) is 13.2 Å². The fraction of sp³-hybridized carbons (Fsp3) is 0.619. The molecule has 3 rings (SSSR count). The van der Waals surface area contributed by atoms with Crippen LogP contribution < -0.4 is 0 Å². The van der Waals surface area contributed by atoms with Crippen molar-refractivity contribution in [2.75, 3.05) is 26.2 Å². The molecule has 168 valence electrons. The number of piperidine rings is 1. The third-order valence-corrected chi connectivity index (χ3v) is 5.56. The molecule has 1 spiro atoms. The number of halogens is 4. The van der Waals surface area contributed by atoms with Gasteiger partial charge in [-0.3, -0.25) is 9.69 Å². The molecule has 2 saturated heterocycles. The number of carboxylic acids is 1. The summed E-state index contributed by atoms with van der Waals surface area (Å²) in [5.41, 5.74) is 1.04. The fourth-order valence-corrected chi connectivity index (χ4v) is 3.96. The minimum atomic E-state index is -5.08. The average molecular weight is 432 g/mol. The van der Waals surface area contributed by atoms with Gasteiger partial charge < -0.3 is 10.0 Å². The smallest absolute Gasteiger partial charge is 0.475 e. The maximum Gasteiger partial charge on any atom is 0.490 e. The van der Waals surface area contributed by atoms with Gasteiger partial charge in [0.1, 0.15) is 5.82 Å². The second-order valence-corrected chi connectivity index (χ2v) is 8.38. The molecule has 0 aromatic heterocycles. The van der Waals surface area contributed by atoms with Crippen LogP contribution in [-0.4, -0.2) is 59.1 Å². The quantitative estimate of drug-likeness (QED) is 0.733. The first kappa shape index (κ1) is 24.1. The van der Waals surface area contributed by atoms with Gasteiger partial charge in [-0.25, -0.2) is 9.18 Å². The zero-order valence-corrected chi connectivity index (χ0v) is 17.2. The van der Waals surface area contributed by atoms with Gasteiger partial charge in [0.05, 0.1) is 5.41 Å². The lowest BCUT2D eigenvalue weighted by molar-refractivity contribution is -0.192. The Morgan fingerprint density at radius 3 is 2.07 bits per heavy atom. The number of alkyl halides is 3. The third kappa shape index (κ3) is 6.42. The van der Waals surface area contributed by atoms with Gasteiger partial charge in [0.2, 0.25) is 5.91 Å². The van der Waals surface area contributed by atoms with E-state index in [1.165, 1.54) is 12.1 Å². The summed E-state index contributed by atoms with van der Waals surface area (Å²) in [6, 6.07) is 6.74. The van der Waals surface area contributed by atoms with Gasteiger partial charge in [-0.1, -0.05) is 26.0 Å². The highest BCUT2D eigenvalue weighted by atomic mass is 19.4. The van der Waals surface area contributed by atoms with Crippen molar-refractivity contribution < 1.29 is 32.3 Å². The maximum atomic E-state index is 13.0. The largest absolute Gasteiger partial charge is 0.490 e. The van der Waals surface area contributed by atoms with Crippen LogP contribution in [0.15, 0.2) is 24.3 Å². The minimum absolute atomic E-state index is 0.103. The van der Waals surface area contributed by atoms with Gasteiger partial charge in [-0.05, 0) is 56.0 Å². The van der Waals surface area contributed by atoms with E-state index in [1.807, 2.05) is 12.1 Å². The Morgan fingerprint density at radius 1 is 1.10 bits per heavy atom. The van der Waals surface area contributed by atoms with E-state index in [1.54, 1.807) is 0 Å². The molecular weight excluding hydrogens is 404 g/mol. The molecule has 0 aliphatic carbocycles. The SMILES string of the molecule is CC(C)CN1CCC2(CCN(Cc3ccc(F)cc3)CC2)C1=O.O=C(O)C(F)(F)F. The Labute approximate surface area is 173 Å². The molecule has 1 amide bonds. The summed E-state index contributed by atoms with van der Waals surface area (Å²) in [5.74, 6) is -2.03. The van der Waals surface area contributed by atoms with E-state index in [0.29, 0.717) is 11.8 Å². The molecule has 2 aliphatic heterocycles. The number of benzene rings is 1. The number of rotatable bonds is 4. The zero-order chi connectivity index (χ0) is 22.5. The summed E-state index contributed by atoms with van der Waals surface area (Å²) in [5, 5.41) is 7.12. The van der Waals surface area contributed by atoms with E-state index in [4.69, 9.17) is 9.90 Å². The fourth-order valence-electron chi connectivity index (χ4n) is 3.96. The highest BCUT2D eigenvalue weighted by Crippen LogP contribution is 2.41. The van der Waals surface area contributed by atoms with E-state index in [0.717, 1.165) is 57.5 Å². The summed E-state index contributed by atoms with van der Waals surface area (Å²) < 4.78 is 44.7. The Bertz CT molecular complexity index is 727. The number of likely N-dealkylation sites (tertiary alicyclic amines) is 2. The van der Waals surface area contributed by atoms with Crippen molar-refractivity contribution in [3.05, 3.63) is 35.6 Å². The van der Waals surface area contributed by atoms with Crippen LogP contribution in [-0.2, 0) is 16.1 Å². The predicted octanol–water partition coefficient (Wildman–Crippen LogP) is 3.93. The van der Waals surface area contributed by atoms with Crippen LogP contribution in [0.25, 0.3) is 0 Å². The van der Waals surface area contributed by atoms with Gasteiger partial charge in [0.15, 0.2) is 0 Å². The van der Waals surface area contributed by atoms with Crippen LogP contribution in [0.4, 0.5) is 17.6 Å². The number of aliphatic carboxylic acids is 1. The summed E-state index contributed by atoms with van der Waals surface area (Å²) in [6.07, 6.45) is -2.15. The normalized spacial score (nSPS) is 19.2. The monoisotopic (exact) mass is 432 g/mol. The number of carboxylic acid groups (broad SMARTS) is 1. The van der Waals surface area contributed by atoms with Crippen molar-refractivity contribution in [3.8, 4) is 0 Å². The molecule has 30 heavy (non-hydrogen) atoms. The molecule has 0 unspecified atom stereocenters. The van der Waals surface area contributed by atoms with Crippen molar-refractivity contribution >= 4 is 11.9 Å². The molecule has 5 nitrogen and oxygen atoms in total. The van der Waals surface area contributed by atoms with Crippen LogP contribution in [0.5, 0.6) is 0 Å². The number of carbonyl (C=O) groups is 2. The summed E-state index contributed by atoms with van der Waals surface area (Å²) in [4.78, 5) is 26.1. The molecule has 2 aliphatic rings. The van der Waals surface area contributed by atoms with Crippen LogP contribution >= 0.6 is 0 Å². The van der Waals surface area contributed by atoms with Crippen molar-refractivity contribution in [1.82, 2.24) is 9.80 Å². The molecule has 0 radical (unpaired) electrons. The third-order valence-electron chi connectivity index (χ3n) is 5.56. The average Bonchev–Trinajstić information content (AvgIpc) is 2.94. The molecule has 1 N–H and O–H groups in total. The zero-order valence-electron chi connectivity index (χ0n) is 17.2. The second kappa shape index (κ2) is 9.76. The first-order valence-corrected chi connectivity index (χ1v) is 9.99. The van der Waals surface area contributed by atoms with Crippen LogP contribution in [0.1, 0.15) is 38.7 Å². The lowest BCUT2D eigenvalue weighted by atomic mass is 9.77. The lowest BCUT2D eigenvalue weighted by Crippen LogP contribution is -2.44. The minimum Gasteiger partial charge on any atom is -0.475 e. The molecule has 2 heterocycles. The number of nitrogens with zero attached hydrogens (tertiary/aromatic N) is 2. The molecule has 9 heteroatoms. The molecule has 0 atom stereocenters. The lowest BCUT2D eigenvalue weighted by Gasteiger charge is -2.38. The van der Waals surface area contributed by atoms with Crippen LogP contribution in [0.3, 0.4) is 0 Å². The standard InChI is InChI=1S/C19H27FN2O.C2HF3O2/c1-15(2)13-22-12-9-19(18(22)23)7-10-21(11-8-19)14-16-3-5-17(20)6-4-16;3-2(4,5)1(6)7/h3-6,15H,7-14H2,1-2H3;(H,6,7). The van der Waals surface area contributed by atoms with Crippen molar-refractivity contribution in [2.24, 2.45) is 11.3 Å². The summed E-state index contributed by atoms with van der Waals surface area (Å²) in [7, 11) is 0. The summed E-state index contributed by atoms with van der Waals surface area (Å²) in [6.45, 7) is 8.92. The number of amides is 1. The highest BCUT2D eigenvalue weighted by Gasteiger charge is 2.47. The van der Waals surface area contributed by atoms with Gasteiger partial charge in [0, 0.05) is 19.6 Å². The van der Waals surface area contributed by atoms with Crippen molar-refractivity contribution in [2.45, 2.75) is 45.8 Å². The molecule has 1 aromatic rings. The molecule has 2 fully saturated rings. The summed E-state index contributed by atoms with van der Waals surface area (Å²) >= 11 is 0. The topological polar surface area (TPSA) is 60.9 Å². The Hall–Kier alpha value is -2.16. The predicted molar refractivity (Wildman–Crippen MR) is 103 cm³/mol. The number of carbonyl (C=O) groups excluding carboxylic acids is 1. The van der Waals surface area contributed by atoms with Crippen molar-refractivity contribution in [1.29, 1.82) is 0 Å². The van der Waals surface area contributed by atoms with Gasteiger partial charge in [-0.15, -0.1) is 0 Å². The van der Waals surface area contributed by atoms with Crippen LogP contribution in [0.2, 0.25) is 0 Å². The molecular formula is C21H28F4N2O3. The Morgan fingerprint density at radius 2 is 1.60 bits per heavy atom. The molecule has 0 bridgehead atoms. The molecule has 0 saturated carbocycles. The van der Waals surface area contributed by atoms with E-state index >= 15 is 0 Å². The first-order chi connectivity index (χ1) is 13.9. The van der Waals surface area contributed by atoms with Gasteiger partial charge >= 0.3 is 12.1 Å². The van der Waals surface area contributed by atoms with Crippen LogP contribution in [0, 0.1) is 17.2 Å². The number of hydrogen-bond acceptors (Lipinski definition) is 3. The van der Waals surface area contributed by atoms with E-state index in [9.17, 15) is 22.4 Å². The van der Waals surface area contributed by atoms with Crippen molar-refractivity contribution in [3.63, 3.8) is 0 Å². The first-order valence-electron chi connectivity index (χ1n) is 9.99. The highest BCUT2D eigenvalue weighted by molar-refractivity contribution is 5.85. The Balaban J connectivity index is 0.000000396.